The molecule has 3 saturated heterocycles. The highest BCUT2D eigenvalue weighted by molar-refractivity contribution is 7.89. The van der Waals surface area contributed by atoms with Crippen LogP contribution in [0.5, 0.6) is 5.75 Å². The largest absolute Gasteiger partial charge is 0.497 e. The lowest BCUT2D eigenvalue weighted by Gasteiger charge is -2.42. The number of carbonyl (C=O) groups is 2. The summed E-state index contributed by atoms with van der Waals surface area (Å²) in [6.45, 7) is 8.02. The summed E-state index contributed by atoms with van der Waals surface area (Å²) in [5, 5.41) is 10.4. The number of alkyl halides is 3. The van der Waals surface area contributed by atoms with E-state index in [-0.39, 0.29) is 28.2 Å². The Kier molecular flexibility index (Phi) is 8.26. The third-order valence-corrected chi connectivity index (χ3v) is 8.90. The summed E-state index contributed by atoms with van der Waals surface area (Å²) < 4.78 is 64.5. The Hall–Kier alpha value is -2.38. The first-order valence-corrected chi connectivity index (χ1v) is 13.1. The second-order valence-corrected chi connectivity index (χ2v) is 11.8. The van der Waals surface area contributed by atoms with E-state index in [2.05, 4.69) is 24.1 Å². The Bertz CT molecular complexity index is 1050. The van der Waals surface area contributed by atoms with Crippen molar-refractivity contribution in [2.24, 2.45) is 17.8 Å². The van der Waals surface area contributed by atoms with Crippen LogP contribution in [0, 0.1) is 17.8 Å². The highest BCUT2D eigenvalue weighted by Crippen LogP contribution is 2.44. The summed E-state index contributed by atoms with van der Waals surface area (Å²) in [5.74, 6) is -1.09. The van der Waals surface area contributed by atoms with Gasteiger partial charge in [-0.2, -0.15) is 17.5 Å². The fourth-order valence-corrected chi connectivity index (χ4v) is 6.77. The Balaban J connectivity index is 0.000000454. The number of carboxylic acid groups (broad SMARTS) is 1. The normalized spacial score (nSPS) is 24.2. The minimum Gasteiger partial charge on any atom is -0.497 e. The number of sulfonamides is 1. The van der Waals surface area contributed by atoms with Crippen molar-refractivity contribution >= 4 is 21.9 Å². The van der Waals surface area contributed by atoms with Crippen LogP contribution in [-0.2, 0) is 19.6 Å². The van der Waals surface area contributed by atoms with Crippen LogP contribution >= 0.6 is 0 Å². The number of nitrogens with zero attached hydrogens (tertiary/aromatic N) is 2. The van der Waals surface area contributed by atoms with Crippen molar-refractivity contribution < 1.29 is 41.0 Å². The monoisotopic (exact) mass is 535 g/mol. The summed E-state index contributed by atoms with van der Waals surface area (Å²) in [7, 11) is -1.98. The zero-order chi connectivity index (χ0) is 26.9. The maximum absolute atomic E-state index is 13.0. The number of amides is 1. The van der Waals surface area contributed by atoms with Crippen LogP contribution < -0.4 is 10.1 Å². The maximum Gasteiger partial charge on any atom is 0.490 e. The molecule has 3 aliphatic heterocycles. The Morgan fingerprint density at radius 1 is 1.19 bits per heavy atom. The predicted molar refractivity (Wildman–Crippen MR) is 124 cm³/mol. The van der Waals surface area contributed by atoms with E-state index in [9.17, 15) is 26.4 Å². The van der Waals surface area contributed by atoms with Gasteiger partial charge in [0, 0.05) is 44.2 Å². The minimum absolute atomic E-state index is 0.0403. The van der Waals surface area contributed by atoms with Crippen LogP contribution in [0.4, 0.5) is 13.2 Å². The fourth-order valence-electron chi connectivity index (χ4n) is 5.33. The van der Waals surface area contributed by atoms with Crippen LogP contribution in [0.1, 0.15) is 26.7 Å². The molecular weight excluding hydrogens is 503 g/mol. The second kappa shape index (κ2) is 10.5. The molecule has 4 rings (SSSR count). The lowest BCUT2D eigenvalue weighted by Crippen LogP contribution is -2.56. The molecule has 3 heterocycles. The van der Waals surface area contributed by atoms with Gasteiger partial charge in [-0.05, 0) is 43.0 Å². The SMILES string of the molecule is COc1ccc(S(=O)(=O)N2CCC3(CC2)NC(=O)[C@@H]2CN(CC(C)C)C[C@@H]23)cc1.O=C(O)C(F)(F)F. The molecule has 0 saturated carbocycles. The number of rotatable bonds is 5. The molecule has 1 aromatic carbocycles. The topological polar surface area (TPSA) is 116 Å². The first kappa shape index (κ1) is 28.2. The highest BCUT2D eigenvalue weighted by atomic mass is 32.2. The first-order chi connectivity index (χ1) is 16.7. The van der Waals surface area contributed by atoms with Crippen LogP contribution in [0.15, 0.2) is 29.2 Å². The van der Waals surface area contributed by atoms with Crippen molar-refractivity contribution in [3.63, 3.8) is 0 Å². The predicted octanol–water partition coefficient (Wildman–Crippen LogP) is 2.19. The summed E-state index contributed by atoms with van der Waals surface area (Å²) in [6, 6.07) is 6.52. The Morgan fingerprint density at radius 3 is 2.22 bits per heavy atom. The zero-order valence-corrected chi connectivity index (χ0v) is 21.2. The average Bonchev–Trinajstić information content (AvgIpc) is 3.32. The third kappa shape index (κ3) is 5.94. The number of likely N-dealkylation sites (tertiary alicyclic amines) is 1. The van der Waals surface area contributed by atoms with Crippen LogP contribution in [0.25, 0.3) is 0 Å². The van der Waals surface area contributed by atoms with E-state index in [0.717, 1.165) is 19.6 Å². The van der Waals surface area contributed by atoms with Gasteiger partial charge in [0.2, 0.25) is 15.9 Å². The number of aliphatic carboxylic acids is 1. The van der Waals surface area contributed by atoms with Gasteiger partial charge in [0.15, 0.2) is 0 Å². The lowest BCUT2D eigenvalue weighted by atomic mass is 9.76. The molecule has 3 aliphatic rings. The van der Waals surface area contributed by atoms with Gasteiger partial charge in [0.05, 0.1) is 17.9 Å². The third-order valence-electron chi connectivity index (χ3n) is 6.99. The molecule has 0 radical (unpaired) electrons. The van der Waals surface area contributed by atoms with Crippen molar-refractivity contribution in [1.82, 2.24) is 14.5 Å². The smallest absolute Gasteiger partial charge is 0.490 e. The van der Waals surface area contributed by atoms with E-state index in [4.69, 9.17) is 14.6 Å². The average molecular weight is 536 g/mol. The van der Waals surface area contributed by atoms with Gasteiger partial charge in [-0.3, -0.25) is 4.79 Å². The number of halogens is 3. The van der Waals surface area contributed by atoms with Crippen molar-refractivity contribution in [2.75, 3.05) is 39.8 Å². The molecular formula is C23H32F3N3O6S. The van der Waals surface area contributed by atoms with E-state index in [1.54, 1.807) is 35.7 Å². The number of fused-ring (bicyclic) bond motifs is 2. The van der Waals surface area contributed by atoms with Gasteiger partial charge in [-0.25, -0.2) is 13.2 Å². The van der Waals surface area contributed by atoms with Gasteiger partial charge in [0.25, 0.3) is 0 Å². The van der Waals surface area contributed by atoms with Crippen molar-refractivity contribution in [3.8, 4) is 5.75 Å². The van der Waals surface area contributed by atoms with Crippen LogP contribution in [0.3, 0.4) is 0 Å². The summed E-state index contributed by atoms with van der Waals surface area (Å²) in [5.41, 5.74) is -0.264. The molecule has 13 heteroatoms. The number of ether oxygens (including phenoxy) is 1. The molecule has 2 N–H and O–H groups in total. The standard InChI is InChI=1S/C21H31N3O4S.C2HF3O2/c1-15(2)12-23-13-18-19(14-23)21(22-20(18)25)8-10-24(11-9-21)29(26,27)17-6-4-16(28-3)5-7-17;3-2(4,5)1(6)7/h4-7,15,18-19H,8-14H2,1-3H3,(H,22,25);(H,6,7)/t18-,19+;/m1./s1. The molecule has 0 aromatic heterocycles. The minimum atomic E-state index is -5.08. The van der Waals surface area contributed by atoms with Gasteiger partial charge in [0.1, 0.15) is 5.75 Å². The quantitative estimate of drug-likeness (QED) is 0.594. The van der Waals surface area contributed by atoms with E-state index < -0.39 is 22.2 Å². The van der Waals surface area contributed by atoms with Gasteiger partial charge < -0.3 is 20.1 Å². The van der Waals surface area contributed by atoms with E-state index in [1.807, 2.05) is 0 Å². The number of methoxy groups -OCH3 is 1. The number of carboxylic acids is 1. The number of benzene rings is 1. The molecule has 3 fully saturated rings. The van der Waals surface area contributed by atoms with E-state index in [1.165, 1.54) is 0 Å². The Morgan fingerprint density at radius 2 is 1.75 bits per heavy atom. The van der Waals surface area contributed by atoms with E-state index >= 15 is 0 Å². The molecule has 1 spiro atoms. The lowest BCUT2D eigenvalue weighted by molar-refractivity contribution is -0.192. The zero-order valence-electron chi connectivity index (χ0n) is 20.4. The van der Waals surface area contributed by atoms with E-state index in [0.29, 0.717) is 37.6 Å². The fraction of sp³-hybridized carbons (Fsp3) is 0.652. The van der Waals surface area contributed by atoms with Gasteiger partial charge >= 0.3 is 12.1 Å². The van der Waals surface area contributed by atoms with Gasteiger partial charge in [-0.1, -0.05) is 13.8 Å². The molecule has 0 unspecified atom stereocenters. The van der Waals surface area contributed by atoms with Crippen molar-refractivity contribution in [1.29, 1.82) is 0 Å². The molecule has 1 amide bonds. The van der Waals surface area contributed by atoms with Crippen molar-refractivity contribution in [2.45, 2.75) is 43.3 Å². The number of nitrogens with one attached hydrogen (secondary N) is 1. The van der Waals surface area contributed by atoms with Gasteiger partial charge in [-0.15, -0.1) is 0 Å². The Labute approximate surface area is 208 Å². The number of hydrogen-bond acceptors (Lipinski definition) is 6. The maximum atomic E-state index is 13.0. The molecule has 9 nitrogen and oxygen atoms in total. The highest BCUT2D eigenvalue weighted by Gasteiger charge is 2.57. The molecule has 0 bridgehead atoms. The number of piperidine rings is 1. The molecule has 36 heavy (non-hydrogen) atoms. The molecule has 1 aromatic rings. The number of carbonyl (C=O) groups excluding carboxylic acids is 1. The summed E-state index contributed by atoms with van der Waals surface area (Å²) in [6.07, 6.45) is -3.74. The molecule has 0 aliphatic carbocycles. The second-order valence-electron chi connectivity index (χ2n) is 9.85. The number of hydrogen-bond donors (Lipinski definition) is 2. The van der Waals surface area contributed by atoms with Crippen LogP contribution in [0.2, 0.25) is 0 Å². The first-order valence-electron chi connectivity index (χ1n) is 11.7. The molecule has 202 valence electrons. The summed E-state index contributed by atoms with van der Waals surface area (Å²) >= 11 is 0. The molecule has 2 atom stereocenters. The van der Waals surface area contributed by atoms with Crippen molar-refractivity contribution in [3.05, 3.63) is 24.3 Å². The van der Waals surface area contributed by atoms with Crippen LogP contribution in [-0.4, -0.2) is 86.2 Å². The summed E-state index contributed by atoms with van der Waals surface area (Å²) in [4.78, 5) is 24.2.